The number of hydrogen-bond acceptors (Lipinski definition) is 1. The van der Waals surface area contributed by atoms with Gasteiger partial charge in [-0.1, -0.05) is 115 Å². The van der Waals surface area contributed by atoms with Gasteiger partial charge in [0, 0.05) is 27.6 Å². The molecule has 7 aromatic rings. The molecule has 0 atom stereocenters. The molecule has 0 saturated heterocycles. The van der Waals surface area contributed by atoms with E-state index in [-0.39, 0.29) is 0 Å². The SMILES string of the molecule is c1ccc(-c2cccc(N3c4ccccc4-c4ccccc4-n4c3cc3ccc5ccccc5c34)c2)cc1. The third-order valence-electron chi connectivity index (χ3n) is 7.69. The molecular weight excluding hydrogens is 460 g/mol. The fourth-order valence-corrected chi connectivity index (χ4v) is 6.01. The third-order valence-corrected chi connectivity index (χ3v) is 7.69. The maximum atomic E-state index is 2.46. The highest BCUT2D eigenvalue weighted by Gasteiger charge is 2.28. The molecule has 0 saturated carbocycles. The van der Waals surface area contributed by atoms with E-state index >= 15 is 0 Å². The summed E-state index contributed by atoms with van der Waals surface area (Å²) in [7, 11) is 0. The number of hydrogen-bond donors (Lipinski definition) is 0. The van der Waals surface area contributed by atoms with E-state index in [0.29, 0.717) is 0 Å². The Morgan fingerprint density at radius 2 is 1.08 bits per heavy atom. The average Bonchev–Trinajstić information content (AvgIpc) is 3.32. The lowest BCUT2D eigenvalue weighted by Crippen LogP contribution is -2.13. The van der Waals surface area contributed by atoms with E-state index in [1.165, 1.54) is 55.3 Å². The maximum Gasteiger partial charge on any atom is 0.123 e. The van der Waals surface area contributed by atoms with Crippen LogP contribution in [-0.2, 0) is 0 Å². The Labute approximate surface area is 221 Å². The van der Waals surface area contributed by atoms with Gasteiger partial charge in [0.05, 0.1) is 16.9 Å². The van der Waals surface area contributed by atoms with Crippen molar-refractivity contribution in [2.75, 3.05) is 4.90 Å². The van der Waals surface area contributed by atoms with Gasteiger partial charge in [0.2, 0.25) is 0 Å². The zero-order chi connectivity index (χ0) is 25.1. The van der Waals surface area contributed by atoms with E-state index in [1.54, 1.807) is 0 Å². The fraction of sp³-hybridized carbons (Fsp3) is 0. The standard InChI is InChI=1S/C36H24N2/c1-2-11-25(12-3-1)27-14-10-15-29(23-27)37-33-19-8-6-17-31(33)32-18-7-9-20-34(32)38-35(37)24-28-22-21-26-13-4-5-16-30(26)36(28)38/h1-24H. The van der Waals surface area contributed by atoms with Gasteiger partial charge in [0.25, 0.3) is 0 Å². The van der Waals surface area contributed by atoms with Crippen LogP contribution < -0.4 is 4.90 Å². The molecular formula is C36H24N2. The van der Waals surface area contributed by atoms with Crippen LogP contribution in [0.1, 0.15) is 0 Å². The van der Waals surface area contributed by atoms with Gasteiger partial charge in [-0.25, -0.2) is 0 Å². The molecule has 38 heavy (non-hydrogen) atoms. The summed E-state index contributed by atoms with van der Waals surface area (Å²) in [4.78, 5) is 2.43. The molecule has 0 unspecified atom stereocenters. The molecule has 0 N–H and O–H groups in total. The number of fused-ring (bicyclic) bond motifs is 9. The van der Waals surface area contributed by atoms with Crippen molar-refractivity contribution in [3.05, 3.63) is 146 Å². The van der Waals surface area contributed by atoms with Crippen molar-refractivity contribution >= 4 is 38.9 Å². The molecule has 0 radical (unpaired) electrons. The van der Waals surface area contributed by atoms with Crippen LogP contribution in [0.15, 0.2) is 146 Å². The van der Waals surface area contributed by atoms with Crippen LogP contribution in [0.2, 0.25) is 0 Å². The van der Waals surface area contributed by atoms with Crippen molar-refractivity contribution in [3.63, 3.8) is 0 Å². The summed E-state index contributed by atoms with van der Waals surface area (Å²) in [5, 5.41) is 3.74. The van der Waals surface area contributed by atoms with Crippen molar-refractivity contribution in [3.8, 4) is 27.9 Å². The predicted molar refractivity (Wildman–Crippen MR) is 160 cm³/mol. The molecule has 0 amide bonds. The summed E-state index contributed by atoms with van der Waals surface area (Å²) in [5.41, 5.74) is 9.63. The first-order valence-corrected chi connectivity index (χ1v) is 13.0. The van der Waals surface area contributed by atoms with Crippen molar-refractivity contribution in [1.29, 1.82) is 0 Å². The minimum absolute atomic E-state index is 1.14. The molecule has 2 nitrogen and oxygen atoms in total. The monoisotopic (exact) mass is 484 g/mol. The highest BCUT2D eigenvalue weighted by atomic mass is 15.3. The van der Waals surface area contributed by atoms with Crippen LogP contribution >= 0.6 is 0 Å². The molecule has 0 fully saturated rings. The Morgan fingerprint density at radius 1 is 0.421 bits per heavy atom. The van der Waals surface area contributed by atoms with E-state index in [2.05, 4.69) is 155 Å². The van der Waals surface area contributed by atoms with Gasteiger partial charge in [0.1, 0.15) is 5.82 Å². The summed E-state index contributed by atoms with van der Waals surface area (Å²) >= 11 is 0. The number of rotatable bonds is 2. The number of anilines is 3. The summed E-state index contributed by atoms with van der Waals surface area (Å²) in [6, 6.07) is 52.6. The zero-order valence-corrected chi connectivity index (χ0v) is 20.8. The number of nitrogens with zero attached hydrogens (tertiary/aromatic N) is 2. The first-order chi connectivity index (χ1) is 18.9. The Hall–Kier alpha value is -5.08. The van der Waals surface area contributed by atoms with Gasteiger partial charge in [-0.15, -0.1) is 0 Å². The lowest BCUT2D eigenvalue weighted by atomic mass is 10.00. The summed E-state index contributed by atoms with van der Waals surface area (Å²) in [5.74, 6) is 1.14. The zero-order valence-electron chi connectivity index (χ0n) is 20.8. The van der Waals surface area contributed by atoms with Gasteiger partial charge < -0.3 is 0 Å². The third kappa shape index (κ3) is 3.07. The summed E-state index contributed by atoms with van der Waals surface area (Å²) in [6.45, 7) is 0. The van der Waals surface area contributed by atoms with Gasteiger partial charge in [-0.2, -0.15) is 0 Å². The van der Waals surface area contributed by atoms with Gasteiger partial charge in [-0.05, 0) is 46.8 Å². The van der Waals surface area contributed by atoms with Crippen molar-refractivity contribution in [2.45, 2.75) is 0 Å². The smallest absolute Gasteiger partial charge is 0.123 e. The average molecular weight is 485 g/mol. The van der Waals surface area contributed by atoms with Gasteiger partial charge >= 0.3 is 0 Å². The first kappa shape index (κ1) is 21.0. The molecule has 8 rings (SSSR count). The highest BCUT2D eigenvalue weighted by Crippen LogP contribution is 2.49. The second kappa shape index (κ2) is 8.22. The van der Waals surface area contributed by atoms with E-state index in [4.69, 9.17) is 0 Å². The molecule has 6 aromatic carbocycles. The molecule has 1 aromatic heterocycles. The molecule has 2 heteroatoms. The minimum atomic E-state index is 1.14. The molecule has 0 bridgehead atoms. The van der Waals surface area contributed by atoms with E-state index in [9.17, 15) is 0 Å². The van der Waals surface area contributed by atoms with E-state index in [1.807, 2.05) is 0 Å². The van der Waals surface area contributed by atoms with Crippen molar-refractivity contribution in [1.82, 2.24) is 4.57 Å². The minimum Gasteiger partial charge on any atom is -0.295 e. The van der Waals surface area contributed by atoms with Crippen LogP contribution in [0.3, 0.4) is 0 Å². The van der Waals surface area contributed by atoms with Crippen LogP contribution in [0.5, 0.6) is 0 Å². The number of para-hydroxylation sites is 2. The quantitative estimate of drug-likeness (QED) is 0.237. The van der Waals surface area contributed by atoms with E-state index in [0.717, 1.165) is 11.5 Å². The summed E-state index contributed by atoms with van der Waals surface area (Å²) < 4.78 is 2.46. The van der Waals surface area contributed by atoms with E-state index < -0.39 is 0 Å². The Balaban J connectivity index is 1.50. The lowest BCUT2D eigenvalue weighted by molar-refractivity contribution is 1.09. The van der Waals surface area contributed by atoms with Crippen LogP contribution in [-0.4, -0.2) is 4.57 Å². The predicted octanol–water partition coefficient (Wildman–Crippen LogP) is 9.90. The molecule has 1 aliphatic heterocycles. The number of benzene rings is 6. The highest BCUT2D eigenvalue weighted by molar-refractivity contribution is 6.10. The topological polar surface area (TPSA) is 8.17 Å². The Bertz CT molecular complexity index is 1980. The van der Waals surface area contributed by atoms with Crippen molar-refractivity contribution in [2.24, 2.45) is 0 Å². The van der Waals surface area contributed by atoms with Gasteiger partial charge in [-0.3, -0.25) is 9.47 Å². The normalized spacial score (nSPS) is 12.2. The number of aromatic nitrogens is 1. The maximum absolute atomic E-state index is 2.46. The van der Waals surface area contributed by atoms with Gasteiger partial charge in [0.15, 0.2) is 0 Å². The molecule has 2 heterocycles. The molecule has 0 aliphatic carbocycles. The Morgan fingerprint density at radius 3 is 1.95 bits per heavy atom. The molecule has 1 aliphatic rings. The van der Waals surface area contributed by atoms with Crippen LogP contribution in [0, 0.1) is 0 Å². The fourth-order valence-electron chi connectivity index (χ4n) is 6.01. The molecule has 0 spiro atoms. The largest absolute Gasteiger partial charge is 0.295 e. The Kier molecular flexibility index (Phi) is 4.55. The second-order valence-electron chi connectivity index (χ2n) is 9.85. The van der Waals surface area contributed by atoms with Crippen LogP contribution in [0.25, 0.3) is 49.6 Å². The molecule has 178 valence electrons. The second-order valence-corrected chi connectivity index (χ2v) is 9.85. The first-order valence-electron chi connectivity index (χ1n) is 13.0. The lowest BCUT2D eigenvalue weighted by Gasteiger charge is -2.26. The van der Waals surface area contributed by atoms with Crippen LogP contribution in [0.4, 0.5) is 17.2 Å². The van der Waals surface area contributed by atoms with Crippen molar-refractivity contribution < 1.29 is 0 Å². The summed E-state index contributed by atoms with van der Waals surface area (Å²) in [6.07, 6.45) is 0.